The van der Waals surface area contributed by atoms with Crippen molar-refractivity contribution in [2.45, 2.75) is 26.4 Å². The molecule has 21 heavy (non-hydrogen) atoms. The highest BCUT2D eigenvalue weighted by atomic mass is 35.5. The summed E-state index contributed by atoms with van der Waals surface area (Å²) in [5, 5.41) is 11.7. The number of carbonyl (C=O) groups excluding carboxylic acids is 1. The van der Waals surface area contributed by atoms with Crippen molar-refractivity contribution in [3.63, 3.8) is 0 Å². The molecule has 0 unspecified atom stereocenters. The number of carbonyl (C=O) groups is 2. The van der Waals surface area contributed by atoms with Crippen LogP contribution in [0.2, 0.25) is 5.02 Å². The molecule has 0 radical (unpaired) electrons. The zero-order valence-electron chi connectivity index (χ0n) is 12.0. The first-order chi connectivity index (χ1) is 9.69. The van der Waals surface area contributed by atoms with E-state index >= 15 is 0 Å². The zero-order chi connectivity index (χ0) is 16.0. The molecule has 112 valence electrons. The van der Waals surface area contributed by atoms with Gasteiger partial charge in [-0.05, 0) is 39.0 Å². The van der Waals surface area contributed by atoms with E-state index in [1.807, 2.05) is 0 Å². The monoisotopic (exact) mass is 309 g/mol. The summed E-state index contributed by atoms with van der Waals surface area (Å²) in [4.78, 5) is 22.2. The second kappa shape index (κ2) is 7.00. The van der Waals surface area contributed by atoms with Crippen LogP contribution in [0, 0.1) is 11.8 Å². The molecule has 1 aromatic rings. The van der Waals surface area contributed by atoms with E-state index in [1.54, 1.807) is 20.8 Å². The van der Waals surface area contributed by atoms with Gasteiger partial charge in [-0.2, -0.15) is 0 Å². The summed E-state index contributed by atoms with van der Waals surface area (Å²) >= 11 is 5.92. The molecule has 6 heteroatoms. The Morgan fingerprint density at radius 3 is 2.62 bits per heavy atom. The number of nitrogens with one attached hydrogen (secondary N) is 1. The van der Waals surface area contributed by atoms with Gasteiger partial charge >= 0.3 is 12.1 Å². The Kier molecular flexibility index (Phi) is 5.62. The van der Waals surface area contributed by atoms with Crippen molar-refractivity contribution in [2.75, 3.05) is 6.54 Å². The number of carboxylic acids is 1. The van der Waals surface area contributed by atoms with E-state index in [0.717, 1.165) is 0 Å². The van der Waals surface area contributed by atoms with Crippen LogP contribution in [-0.4, -0.2) is 29.3 Å². The van der Waals surface area contributed by atoms with E-state index < -0.39 is 17.7 Å². The van der Waals surface area contributed by atoms with Crippen LogP contribution in [0.1, 0.15) is 36.7 Å². The maximum absolute atomic E-state index is 11.4. The molecule has 1 amide bonds. The second-order valence-electron chi connectivity index (χ2n) is 5.16. The van der Waals surface area contributed by atoms with Gasteiger partial charge in [0.05, 0.1) is 17.1 Å². The predicted molar refractivity (Wildman–Crippen MR) is 79.5 cm³/mol. The van der Waals surface area contributed by atoms with Gasteiger partial charge in [-0.15, -0.1) is 0 Å². The average molecular weight is 310 g/mol. The van der Waals surface area contributed by atoms with Gasteiger partial charge in [-0.25, -0.2) is 9.59 Å². The van der Waals surface area contributed by atoms with Gasteiger partial charge < -0.3 is 15.2 Å². The SMILES string of the molecule is CC(C)(C)OC(=O)NCC#Cc1cc(C(=O)O)ccc1Cl. The molecule has 0 bridgehead atoms. The van der Waals surface area contributed by atoms with Gasteiger partial charge in [-0.3, -0.25) is 0 Å². The van der Waals surface area contributed by atoms with Gasteiger partial charge in [0.15, 0.2) is 0 Å². The van der Waals surface area contributed by atoms with E-state index in [0.29, 0.717) is 10.6 Å². The highest BCUT2D eigenvalue weighted by molar-refractivity contribution is 6.31. The Hall–Kier alpha value is -2.19. The van der Waals surface area contributed by atoms with Crippen LogP contribution in [-0.2, 0) is 4.74 Å². The zero-order valence-corrected chi connectivity index (χ0v) is 12.7. The quantitative estimate of drug-likeness (QED) is 0.824. The second-order valence-corrected chi connectivity index (χ2v) is 5.56. The van der Waals surface area contributed by atoms with Gasteiger partial charge in [0.1, 0.15) is 5.60 Å². The fourth-order valence-electron chi connectivity index (χ4n) is 1.32. The minimum atomic E-state index is -1.05. The van der Waals surface area contributed by atoms with Crippen molar-refractivity contribution < 1.29 is 19.4 Å². The molecule has 0 spiro atoms. The Labute approximate surface area is 128 Å². The maximum atomic E-state index is 11.4. The van der Waals surface area contributed by atoms with Crippen molar-refractivity contribution >= 4 is 23.7 Å². The van der Waals surface area contributed by atoms with Crippen LogP contribution < -0.4 is 5.32 Å². The molecule has 0 atom stereocenters. The van der Waals surface area contributed by atoms with Gasteiger partial charge in [0.2, 0.25) is 0 Å². The third-order valence-electron chi connectivity index (χ3n) is 2.16. The van der Waals surface area contributed by atoms with Crippen molar-refractivity contribution in [1.82, 2.24) is 5.32 Å². The molecule has 0 fully saturated rings. The summed E-state index contributed by atoms with van der Waals surface area (Å²) < 4.78 is 5.04. The summed E-state index contributed by atoms with van der Waals surface area (Å²) in [7, 11) is 0. The Balaban J connectivity index is 2.65. The van der Waals surface area contributed by atoms with E-state index in [2.05, 4.69) is 17.2 Å². The Morgan fingerprint density at radius 1 is 1.38 bits per heavy atom. The van der Waals surface area contributed by atoms with E-state index in [4.69, 9.17) is 21.4 Å². The molecule has 0 saturated carbocycles. The smallest absolute Gasteiger partial charge is 0.408 e. The first-order valence-corrected chi connectivity index (χ1v) is 6.55. The van der Waals surface area contributed by atoms with E-state index in [9.17, 15) is 9.59 Å². The first kappa shape index (κ1) is 16.9. The maximum Gasteiger partial charge on any atom is 0.408 e. The van der Waals surface area contributed by atoms with Crippen LogP contribution in [0.5, 0.6) is 0 Å². The van der Waals surface area contributed by atoms with Crippen LogP contribution in [0.25, 0.3) is 0 Å². The number of hydrogen-bond donors (Lipinski definition) is 2. The van der Waals surface area contributed by atoms with Crippen LogP contribution in [0.3, 0.4) is 0 Å². The summed E-state index contributed by atoms with van der Waals surface area (Å²) in [6, 6.07) is 4.25. The van der Waals surface area contributed by atoms with Crippen molar-refractivity contribution in [1.29, 1.82) is 0 Å². The molecular weight excluding hydrogens is 294 g/mol. The molecule has 5 nitrogen and oxygen atoms in total. The lowest BCUT2D eigenvalue weighted by atomic mass is 10.1. The van der Waals surface area contributed by atoms with Gasteiger partial charge in [0, 0.05) is 5.56 Å². The molecule has 1 aromatic carbocycles. The van der Waals surface area contributed by atoms with Crippen LogP contribution in [0.15, 0.2) is 18.2 Å². The van der Waals surface area contributed by atoms with E-state index in [-0.39, 0.29) is 12.1 Å². The Morgan fingerprint density at radius 2 is 2.05 bits per heavy atom. The summed E-state index contributed by atoms with van der Waals surface area (Å²) in [6.45, 7) is 5.35. The normalized spacial score (nSPS) is 10.3. The molecule has 0 saturated heterocycles. The van der Waals surface area contributed by atoms with Crippen molar-refractivity contribution in [3.05, 3.63) is 34.3 Å². The molecule has 0 aliphatic rings. The molecule has 0 heterocycles. The van der Waals surface area contributed by atoms with Gasteiger partial charge in [0.25, 0.3) is 0 Å². The number of amides is 1. The lowest BCUT2D eigenvalue weighted by Gasteiger charge is -2.19. The lowest BCUT2D eigenvalue weighted by molar-refractivity contribution is 0.0534. The standard InChI is InChI=1S/C15H16ClNO4/c1-15(2,3)21-14(20)17-8-4-5-10-9-11(13(18)19)6-7-12(10)16/h6-7,9H,8H2,1-3H3,(H,17,20)(H,18,19). The van der Waals surface area contributed by atoms with E-state index in [1.165, 1.54) is 18.2 Å². The highest BCUT2D eigenvalue weighted by Gasteiger charge is 2.15. The number of ether oxygens (including phenoxy) is 1. The van der Waals surface area contributed by atoms with Crippen LogP contribution >= 0.6 is 11.6 Å². The van der Waals surface area contributed by atoms with Crippen molar-refractivity contribution in [3.8, 4) is 11.8 Å². The number of aromatic carboxylic acids is 1. The van der Waals surface area contributed by atoms with Crippen LogP contribution in [0.4, 0.5) is 4.79 Å². The lowest BCUT2D eigenvalue weighted by Crippen LogP contribution is -2.32. The number of carboxylic acid groups (broad SMARTS) is 1. The minimum Gasteiger partial charge on any atom is -0.478 e. The molecule has 0 aromatic heterocycles. The number of hydrogen-bond acceptors (Lipinski definition) is 3. The third kappa shape index (κ3) is 6.19. The first-order valence-electron chi connectivity index (χ1n) is 6.17. The average Bonchev–Trinajstić information content (AvgIpc) is 2.34. The number of benzene rings is 1. The third-order valence-corrected chi connectivity index (χ3v) is 2.49. The largest absolute Gasteiger partial charge is 0.478 e. The highest BCUT2D eigenvalue weighted by Crippen LogP contribution is 2.16. The number of alkyl carbamates (subject to hydrolysis) is 1. The molecular formula is C15H16ClNO4. The molecule has 0 aliphatic carbocycles. The summed E-state index contributed by atoms with van der Waals surface area (Å²) in [5.74, 6) is 4.34. The van der Waals surface area contributed by atoms with Crippen molar-refractivity contribution in [2.24, 2.45) is 0 Å². The molecule has 2 N–H and O–H groups in total. The summed E-state index contributed by atoms with van der Waals surface area (Å²) in [6.07, 6.45) is -0.567. The fourth-order valence-corrected chi connectivity index (χ4v) is 1.49. The minimum absolute atomic E-state index is 0.0720. The summed E-state index contributed by atoms with van der Waals surface area (Å²) in [5.41, 5.74) is -0.0808. The molecule has 0 aliphatic heterocycles. The Bertz CT molecular complexity index is 608. The number of rotatable bonds is 2. The van der Waals surface area contributed by atoms with Gasteiger partial charge in [-0.1, -0.05) is 23.4 Å². The fraction of sp³-hybridized carbons (Fsp3) is 0.333. The topological polar surface area (TPSA) is 75.6 Å². The predicted octanol–water partition coefficient (Wildman–Crippen LogP) is 2.91. The molecule has 1 rings (SSSR count). The number of halogens is 1.